The largest absolute Gasteiger partial charge is 0.534 e. The maximum atomic E-state index is 12.5. The molecule has 0 fully saturated rings. The number of allylic oxidation sites excluding steroid dienone is 1. The Hall–Kier alpha value is -1.74. The third kappa shape index (κ3) is 3.51. The van der Waals surface area contributed by atoms with Crippen LogP contribution >= 0.6 is 11.6 Å². The van der Waals surface area contributed by atoms with Crippen LogP contribution in [0.25, 0.3) is 5.76 Å². The highest BCUT2D eigenvalue weighted by Gasteiger charge is 2.49. The van der Waals surface area contributed by atoms with E-state index in [0.29, 0.717) is 24.8 Å². The molecule has 0 aromatic heterocycles. The molecular formula is C14H12ClF3O5S. The first-order valence-corrected chi connectivity index (χ1v) is 8.48. The molecule has 132 valence electrons. The predicted octanol–water partition coefficient (Wildman–Crippen LogP) is 3.67. The lowest BCUT2D eigenvalue weighted by molar-refractivity contribution is -0.0509. The SMILES string of the molecule is COC(=O)c1ccc2c(c1Cl)CCCC=C2OS(=O)(=O)C(F)(F)F. The van der Waals surface area contributed by atoms with Crippen LogP contribution in [0.1, 0.15) is 34.3 Å². The number of alkyl halides is 3. The summed E-state index contributed by atoms with van der Waals surface area (Å²) in [6.45, 7) is 0. The number of carbonyl (C=O) groups is 1. The number of rotatable bonds is 3. The predicted molar refractivity (Wildman–Crippen MR) is 79.8 cm³/mol. The summed E-state index contributed by atoms with van der Waals surface area (Å²) in [4.78, 5) is 11.7. The van der Waals surface area contributed by atoms with E-state index in [1.54, 1.807) is 0 Å². The maximum Gasteiger partial charge on any atom is 0.534 e. The zero-order valence-electron chi connectivity index (χ0n) is 12.3. The minimum Gasteiger partial charge on any atom is -0.465 e. The van der Waals surface area contributed by atoms with Crippen molar-refractivity contribution < 1.29 is 35.3 Å². The van der Waals surface area contributed by atoms with Gasteiger partial charge < -0.3 is 8.92 Å². The van der Waals surface area contributed by atoms with Gasteiger partial charge in [-0.25, -0.2) is 4.79 Å². The van der Waals surface area contributed by atoms with Crippen LogP contribution in [0.2, 0.25) is 5.02 Å². The second kappa shape index (κ2) is 6.64. The molecule has 1 aliphatic rings. The van der Waals surface area contributed by atoms with Crippen LogP contribution < -0.4 is 0 Å². The van der Waals surface area contributed by atoms with Crippen LogP contribution in [0.3, 0.4) is 0 Å². The van der Waals surface area contributed by atoms with Gasteiger partial charge in [-0.15, -0.1) is 0 Å². The third-order valence-electron chi connectivity index (χ3n) is 3.36. The van der Waals surface area contributed by atoms with Gasteiger partial charge in [0.05, 0.1) is 17.7 Å². The van der Waals surface area contributed by atoms with E-state index in [0.717, 1.165) is 7.11 Å². The standard InChI is InChI=1S/C14H12ClF3O5S/c1-22-13(19)10-7-6-8-9(12(10)15)4-2-3-5-11(8)23-24(20,21)14(16,17)18/h5-7H,2-4H2,1H3. The first-order valence-electron chi connectivity index (χ1n) is 6.69. The maximum absolute atomic E-state index is 12.5. The fourth-order valence-corrected chi connectivity index (χ4v) is 3.06. The number of halogens is 4. The second-order valence-electron chi connectivity index (χ2n) is 4.89. The molecule has 1 aliphatic carbocycles. The Balaban J connectivity index is 2.52. The molecule has 5 nitrogen and oxygen atoms in total. The quantitative estimate of drug-likeness (QED) is 0.452. The highest BCUT2D eigenvalue weighted by Crippen LogP contribution is 2.37. The molecule has 0 spiro atoms. The molecule has 2 rings (SSSR count). The molecule has 0 saturated heterocycles. The molecule has 0 atom stereocenters. The molecule has 0 bridgehead atoms. The molecular weight excluding hydrogens is 373 g/mol. The molecule has 0 aliphatic heterocycles. The fraction of sp³-hybridized carbons (Fsp3) is 0.357. The molecule has 1 aromatic rings. The van der Waals surface area contributed by atoms with Crippen molar-refractivity contribution in [2.45, 2.75) is 24.8 Å². The second-order valence-corrected chi connectivity index (χ2v) is 6.80. The van der Waals surface area contributed by atoms with Crippen LogP contribution in [0, 0.1) is 0 Å². The molecule has 1 aromatic carbocycles. The van der Waals surface area contributed by atoms with Crippen molar-refractivity contribution in [2.75, 3.05) is 7.11 Å². The van der Waals surface area contributed by atoms with Gasteiger partial charge >= 0.3 is 21.6 Å². The normalized spacial score (nSPS) is 15.1. The van der Waals surface area contributed by atoms with Crippen LogP contribution in [-0.2, 0) is 25.5 Å². The van der Waals surface area contributed by atoms with Gasteiger partial charge in [0, 0.05) is 5.56 Å². The Kier molecular flexibility index (Phi) is 5.14. The summed E-state index contributed by atoms with van der Waals surface area (Å²) in [5.41, 5.74) is -5.08. The van der Waals surface area contributed by atoms with E-state index in [1.165, 1.54) is 18.2 Å². The Bertz CT molecular complexity index is 799. The van der Waals surface area contributed by atoms with E-state index in [4.69, 9.17) is 11.6 Å². The third-order valence-corrected chi connectivity index (χ3v) is 4.76. The lowest BCUT2D eigenvalue weighted by atomic mass is 10.00. The Morgan fingerprint density at radius 3 is 2.54 bits per heavy atom. The lowest BCUT2D eigenvalue weighted by Gasteiger charge is -2.16. The molecule has 0 radical (unpaired) electrons. The van der Waals surface area contributed by atoms with Gasteiger partial charge in [0.1, 0.15) is 5.76 Å². The number of hydrogen-bond donors (Lipinski definition) is 0. The minimum absolute atomic E-state index is 0.000145. The summed E-state index contributed by atoms with van der Waals surface area (Å²) in [5.74, 6) is -1.17. The van der Waals surface area contributed by atoms with Gasteiger partial charge in [0.25, 0.3) is 0 Å². The Morgan fingerprint density at radius 1 is 1.29 bits per heavy atom. The van der Waals surface area contributed by atoms with Crippen molar-refractivity contribution in [2.24, 2.45) is 0 Å². The first-order chi connectivity index (χ1) is 11.1. The molecule has 24 heavy (non-hydrogen) atoms. The van der Waals surface area contributed by atoms with Crippen molar-refractivity contribution in [3.63, 3.8) is 0 Å². The number of benzene rings is 1. The minimum atomic E-state index is -5.80. The van der Waals surface area contributed by atoms with Crippen molar-refractivity contribution in [3.05, 3.63) is 39.9 Å². The molecule has 10 heteroatoms. The van der Waals surface area contributed by atoms with Gasteiger partial charge in [-0.2, -0.15) is 21.6 Å². The number of ether oxygens (including phenoxy) is 1. The van der Waals surface area contributed by atoms with Crippen molar-refractivity contribution in [1.29, 1.82) is 0 Å². The van der Waals surface area contributed by atoms with E-state index < -0.39 is 27.4 Å². The molecule has 0 amide bonds. The van der Waals surface area contributed by atoms with Crippen LogP contribution in [-0.4, -0.2) is 27.0 Å². The average Bonchev–Trinajstić information content (AvgIpc) is 2.68. The van der Waals surface area contributed by atoms with Crippen molar-refractivity contribution in [3.8, 4) is 0 Å². The van der Waals surface area contributed by atoms with Gasteiger partial charge in [0.15, 0.2) is 0 Å². The average molecular weight is 385 g/mol. The van der Waals surface area contributed by atoms with Crippen LogP contribution in [0.4, 0.5) is 13.2 Å². The fourth-order valence-electron chi connectivity index (χ4n) is 2.23. The summed E-state index contributed by atoms with van der Waals surface area (Å²) in [6.07, 6.45) is 2.38. The monoisotopic (exact) mass is 384 g/mol. The number of fused-ring (bicyclic) bond motifs is 1. The summed E-state index contributed by atoms with van der Waals surface area (Å²) in [6, 6.07) is 2.53. The highest BCUT2D eigenvalue weighted by atomic mass is 35.5. The number of esters is 1. The van der Waals surface area contributed by atoms with Gasteiger partial charge in [-0.05, 0) is 43.0 Å². The summed E-state index contributed by atoms with van der Waals surface area (Å²) >= 11 is 6.14. The lowest BCUT2D eigenvalue weighted by Crippen LogP contribution is -2.25. The van der Waals surface area contributed by atoms with Crippen molar-refractivity contribution >= 4 is 33.4 Å². The zero-order valence-corrected chi connectivity index (χ0v) is 13.9. The number of methoxy groups -OCH3 is 1. The van der Waals surface area contributed by atoms with Crippen LogP contribution in [0.5, 0.6) is 0 Å². The smallest absolute Gasteiger partial charge is 0.465 e. The van der Waals surface area contributed by atoms with E-state index in [-0.39, 0.29) is 16.1 Å². The molecule has 0 N–H and O–H groups in total. The molecule has 0 heterocycles. The summed E-state index contributed by atoms with van der Waals surface area (Å²) < 4.78 is 69.0. The number of carbonyl (C=O) groups excluding carboxylic acids is 1. The van der Waals surface area contributed by atoms with Crippen LogP contribution in [0.15, 0.2) is 18.2 Å². The molecule has 0 unspecified atom stereocenters. The van der Waals surface area contributed by atoms with E-state index >= 15 is 0 Å². The first kappa shape index (κ1) is 18.6. The molecule has 0 saturated carbocycles. The van der Waals surface area contributed by atoms with E-state index in [2.05, 4.69) is 8.92 Å². The van der Waals surface area contributed by atoms with E-state index in [9.17, 15) is 26.4 Å². The summed E-state index contributed by atoms with van der Waals surface area (Å²) in [5, 5.41) is 0.000145. The van der Waals surface area contributed by atoms with Crippen molar-refractivity contribution in [1.82, 2.24) is 0 Å². The summed E-state index contributed by atoms with van der Waals surface area (Å²) in [7, 11) is -4.64. The zero-order chi connectivity index (χ0) is 18.1. The number of hydrogen-bond acceptors (Lipinski definition) is 5. The Morgan fingerprint density at radius 2 is 1.96 bits per heavy atom. The van der Waals surface area contributed by atoms with Gasteiger partial charge in [0.2, 0.25) is 0 Å². The highest BCUT2D eigenvalue weighted by molar-refractivity contribution is 7.87. The van der Waals surface area contributed by atoms with Gasteiger partial charge in [-0.3, -0.25) is 0 Å². The topological polar surface area (TPSA) is 69.7 Å². The Labute approximate surface area is 141 Å². The van der Waals surface area contributed by atoms with Gasteiger partial charge in [-0.1, -0.05) is 11.6 Å². The van der Waals surface area contributed by atoms with E-state index in [1.807, 2.05) is 0 Å².